The molecule has 0 atom stereocenters. The third kappa shape index (κ3) is 3.30. The van der Waals surface area contributed by atoms with Crippen molar-refractivity contribution >= 4 is 17.6 Å². The molecule has 1 aromatic carbocycles. The summed E-state index contributed by atoms with van der Waals surface area (Å²) in [7, 11) is 0. The van der Waals surface area contributed by atoms with E-state index in [-0.39, 0.29) is 11.3 Å². The fourth-order valence-electron chi connectivity index (χ4n) is 2.16. The van der Waals surface area contributed by atoms with Crippen LogP contribution in [0.25, 0.3) is 11.3 Å². The van der Waals surface area contributed by atoms with Gasteiger partial charge < -0.3 is 15.5 Å². The Bertz CT molecular complexity index is 912. The van der Waals surface area contributed by atoms with Crippen molar-refractivity contribution in [1.29, 1.82) is 0 Å². The number of aromatic hydroxyl groups is 1. The topological polar surface area (TPSA) is 108 Å². The molecule has 0 bridgehead atoms. The summed E-state index contributed by atoms with van der Waals surface area (Å²) in [5.74, 6) is -0.634. The van der Waals surface area contributed by atoms with Crippen LogP contribution < -0.4 is 5.32 Å². The number of aryl methyl sites for hydroxylation is 1. The fourth-order valence-corrected chi connectivity index (χ4v) is 2.16. The molecule has 0 aliphatic heterocycles. The van der Waals surface area contributed by atoms with E-state index in [4.69, 9.17) is 5.11 Å². The highest BCUT2D eigenvalue weighted by atomic mass is 16.4. The number of pyridine rings is 1. The second-order valence-corrected chi connectivity index (χ2v) is 5.16. The van der Waals surface area contributed by atoms with Crippen LogP contribution in [-0.4, -0.2) is 31.1 Å². The van der Waals surface area contributed by atoms with Crippen LogP contribution in [0.3, 0.4) is 0 Å². The summed E-state index contributed by atoms with van der Waals surface area (Å²) in [4.78, 5) is 23.5. The maximum atomic E-state index is 11.1. The first-order valence-corrected chi connectivity index (χ1v) is 7.11. The molecule has 7 nitrogen and oxygen atoms in total. The van der Waals surface area contributed by atoms with Gasteiger partial charge in [-0.2, -0.15) is 0 Å². The lowest BCUT2D eigenvalue weighted by molar-refractivity contribution is 0.0697. The van der Waals surface area contributed by atoms with Crippen molar-refractivity contribution in [2.75, 3.05) is 5.32 Å². The molecule has 0 spiro atoms. The van der Waals surface area contributed by atoms with Gasteiger partial charge in [-0.25, -0.2) is 14.8 Å². The molecule has 0 amide bonds. The van der Waals surface area contributed by atoms with E-state index in [2.05, 4.69) is 20.3 Å². The van der Waals surface area contributed by atoms with Crippen LogP contribution in [0.2, 0.25) is 0 Å². The summed E-state index contributed by atoms with van der Waals surface area (Å²) in [6.45, 7) is 1.86. The molecule has 0 fully saturated rings. The van der Waals surface area contributed by atoms with Crippen LogP contribution in [0, 0.1) is 6.92 Å². The third-order valence-corrected chi connectivity index (χ3v) is 3.41. The zero-order valence-corrected chi connectivity index (χ0v) is 12.8. The molecule has 24 heavy (non-hydrogen) atoms. The number of rotatable bonds is 4. The normalized spacial score (nSPS) is 10.4. The average Bonchev–Trinajstić information content (AvgIpc) is 2.57. The largest absolute Gasteiger partial charge is 0.506 e. The highest BCUT2D eigenvalue weighted by molar-refractivity contribution is 5.89. The number of carboxylic acids is 1. The van der Waals surface area contributed by atoms with Crippen molar-refractivity contribution in [3.8, 4) is 17.0 Å². The summed E-state index contributed by atoms with van der Waals surface area (Å²) >= 11 is 0. The van der Waals surface area contributed by atoms with Gasteiger partial charge in [0.05, 0.1) is 17.5 Å². The Kier molecular flexibility index (Phi) is 4.07. The predicted octanol–water partition coefficient (Wildman–Crippen LogP) is 2.99. The van der Waals surface area contributed by atoms with E-state index in [1.54, 1.807) is 36.7 Å². The number of anilines is 2. The van der Waals surface area contributed by atoms with Gasteiger partial charge in [-0.1, -0.05) is 6.07 Å². The Morgan fingerprint density at radius 3 is 2.75 bits per heavy atom. The molecule has 0 radical (unpaired) electrons. The highest BCUT2D eigenvalue weighted by Gasteiger charge is 2.09. The molecule has 0 unspecified atom stereocenters. The third-order valence-electron chi connectivity index (χ3n) is 3.41. The Balaban J connectivity index is 1.93. The zero-order chi connectivity index (χ0) is 17.1. The lowest BCUT2D eigenvalue weighted by Gasteiger charge is -2.10. The zero-order valence-electron chi connectivity index (χ0n) is 12.8. The Hall–Kier alpha value is -3.48. The molecule has 3 N–H and O–H groups in total. The van der Waals surface area contributed by atoms with Gasteiger partial charge in [0.25, 0.3) is 0 Å². The van der Waals surface area contributed by atoms with Crippen LogP contribution in [0.1, 0.15) is 15.9 Å². The first-order chi connectivity index (χ1) is 11.5. The van der Waals surface area contributed by atoms with Gasteiger partial charge in [0, 0.05) is 23.6 Å². The summed E-state index contributed by atoms with van der Waals surface area (Å²) in [5, 5.41) is 21.6. The number of hydrogen-bond acceptors (Lipinski definition) is 6. The van der Waals surface area contributed by atoms with Crippen LogP contribution in [0.5, 0.6) is 5.75 Å². The fraction of sp³-hybridized carbons (Fsp3) is 0.0588. The van der Waals surface area contributed by atoms with Crippen molar-refractivity contribution in [2.45, 2.75) is 6.92 Å². The number of carboxylic acid groups (broad SMARTS) is 1. The van der Waals surface area contributed by atoms with Gasteiger partial charge in [0.2, 0.25) is 5.95 Å². The van der Waals surface area contributed by atoms with Crippen LogP contribution in [0.4, 0.5) is 11.6 Å². The number of nitrogens with zero attached hydrogens (tertiary/aromatic N) is 3. The number of nitrogens with one attached hydrogen (secondary N) is 1. The molecule has 0 aliphatic carbocycles. The van der Waals surface area contributed by atoms with Crippen LogP contribution >= 0.6 is 0 Å². The van der Waals surface area contributed by atoms with E-state index < -0.39 is 5.97 Å². The molecule has 2 aromatic heterocycles. The Morgan fingerprint density at radius 2 is 2.00 bits per heavy atom. The minimum absolute atomic E-state index is 0.0469. The van der Waals surface area contributed by atoms with E-state index in [9.17, 15) is 9.90 Å². The van der Waals surface area contributed by atoms with E-state index in [1.807, 2.05) is 6.92 Å². The molecule has 3 rings (SSSR count). The van der Waals surface area contributed by atoms with E-state index in [0.29, 0.717) is 22.9 Å². The molecule has 0 saturated carbocycles. The summed E-state index contributed by atoms with van der Waals surface area (Å²) < 4.78 is 0. The van der Waals surface area contributed by atoms with Gasteiger partial charge in [-0.05, 0) is 36.8 Å². The van der Waals surface area contributed by atoms with Gasteiger partial charge in [0.1, 0.15) is 5.75 Å². The lowest BCUT2D eigenvalue weighted by atomic mass is 10.1. The van der Waals surface area contributed by atoms with Crippen LogP contribution in [-0.2, 0) is 0 Å². The minimum atomic E-state index is -1.00. The molecule has 3 aromatic rings. The number of aromatic nitrogens is 3. The maximum Gasteiger partial charge on any atom is 0.335 e. The van der Waals surface area contributed by atoms with Crippen molar-refractivity contribution in [1.82, 2.24) is 15.0 Å². The number of benzene rings is 1. The molecule has 0 saturated heterocycles. The molecular weight excluding hydrogens is 308 g/mol. The van der Waals surface area contributed by atoms with Gasteiger partial charge in [0.15, 0.2) is 0 Å². The monoisotopic (exact) mass is 322 g/mol. The quantitative estimate of drug-likeness (QED) is 0.677. The van der Waals surface area contributed by atoms with Crippen molar-refractivity contribution in [3.63, 3.8) is 0 Å². The first kappa shape index (κ1) is 15.4. The van der Waals surface area contributed by atoms with E-state index >= 15 is 0 Å². The number of aromatic carboxylic acids is 1. The highest BCUT2D eigenvalue weighted by Crippen LogP contribution is 2.23. The van der Waals surface area contributed by atoms with Crippen LogP contribution in [0.15, 0.2) is 48.9 Å². The second kappa shape index (κ2) is 6.33. The molecule has 0 aliphatic rings. The van der Waals surface area contributed by atoms with Crippen molar-refractivity contribution < 1.29 is 15.0 Å². The Labute approximate surface area is 137 Å². The smallest absolute Gasteiger partial charge is 0.335 e. The molecular formula is C17H14N4O3. The van der Waals surface area contributed by atoms with E-state index in [0.717, 1.165) is 5.56 Å². The second-order valence-electron chi connectivity index (χ2n) is 5.16. The molecule has 120 valence electrons. The SMILES string of the molecule is Cc1ccc(C(=O)O)cc1Nc1nccc(-c2cncc(O)c2)n1. The Morgan fingerprint density at radius 1 is 1.17 bits per heavy atom. The van der Waals surface area contributed by atoms with Gasteiger partial charge in [-0.15, -0.1) is 0 Å². The van der Waals surface area contributed by atoms with Crippen molar-refractivity contribution in [2.24, 2.45) is 0 Å². The minimum Gasteiger partial charge on any atom is -0.506 e. The van der Waals surface area contributed by atoms with Gasteiger partial charge >= 0.3 is 5.97 Å². The lowest BCUT2D eigenvalue weighted by Crippen LogP contribution is -2.02. The summed E-state index contributed by atoms with van der Waals surface area (Å²) in [5.41, 5.74) is 2.89. The summed E-state index contributed by atoms with van der Waals surface area (Å²) in [6.07, 6.45) is 4.50. The first-order valence-electron chi connectivity index (χ1n) is 7.11. The predicted molar refractivity (Wildman–Crippen MR) is 88.3 cm³/mol. The number of carbonyl (C=O) groups is 1. The molecule has 7 heteroatoms. The number of hydrogen-bond donors (Lipinski definition) is 3. The molecule has 2 heterocycles. The summed E-state index contributed by atoms with van der Waals surface area (Å²) in [6, 6.07) is 8.04. The average molecular weight is 322 g/mol. The van der Waals surface area contributed by atoms with Gasteiger partial charge in [-0.3, -0.25) is 4.98 Å². The standard InChI is InChI=1S/C17H14N4O3/c1-10-2-3-11(16(23)24)7-15(10)21-17-19-5-4-14(20-17)12-6-13(22)9-18-8-12/h2-9,22H,1H3,(H,23,24)(H,19,20,21). The maximum absolute atomic E-state index is 11.1. The van der Waals surface area contributed by atoms with E-state index in [1.165, 1.54) is 12.3 Å². The van der Waals surface area contributed by atoms with Crippen molar-refractivity contribution in [3.05, 3.63) is 60.0 Å².